The Morgan fingerprint density at radius 2 is 2.17 bits per heavy atom. The molecule has 122 valence electrons. The summed E-state index contributed by atoms with van der Waals surface area (Å²) < 4.78 is 15.9. The first-order valence-corrected chi connectivity index (χ1v) is 7.58. The lowest BCUT2D eigenvalue weighted by Gasteiger charge is -2.19. The number of rotatable bonds is 5. The molecule has 0 radical (unpaired) electrons. The highest BCUT2D eigenvalue weighted by Gasteiger charge is 2.22. The van der Waals surface area contributed by atoms with Crippen molar-refractivity contribution in [1.82, 2.24) is 9.88 Å². The van der Waals surface area contributed by atoms with E-state index < -0.39 is 0 Å². The number of carbonyl (C=O) groups excluding carboxylic acids is 1. The van der Waals surface area contributed by atoms with E-state index in [2.05, 4.69) is 4.98 Å². The minimum atomic E-state index is -0.0271. The molecule has 1 amide bonds. The van der Waals surface area contributed by atoms with E-state index in [9.17, 15) is 4.79 Å². The third kappa shape index (κ3) is 3.37. The summed E-state index contributed by atoms with van der Waals surface area (Å²) in [6.07, 6.45) is 0.798. The maximum atomic E-state index is 12.2. The second-order valence-electron chi connectivity index (χ2n) is 5.46. The number of pyridine rings is 1. The minimum Gasteiger partial charge on any atom is -0.497 e. The van der Waals surface area contributed by atoms with Crippen LogP contribution < -0.4 is 9.47 Å². The van der Waals surface area contributed by atoms with Gasteiger partial charge in [0, 0.05) is 31.2 Å². The van der Waals surface area contributed by atoms with E-state index in [1.807, 2.05) is 24.3 Å². The molecule has 0 saturated heterocycles. The normalized spacial score (nSPS) is 14.3. The Balaban J connectivity index is 1.90. The van der Waals surface area contributed by atoms with Gasteiger partial charge in [-0.15, -0.1) is 0 Å². The van der Waals surface area contributed by atoms with E-state index in [1.54, 1.807) is 19.1 Å². The van der Waals surface area contributed by atoms with Crippen molar-refractivity contribution in [1.29, 1.82) is 0 Å². The lowest BCUT2D eigenvalue weighted by atomic mass is 10.1. The standard InChI is InChI=1S/C17H20N2O4/c1-21-7-3-6-19-10-13-8-12-9-14(22-2)4-5-15(12)18-17(13)23-11-16(19)20/h4-5,8-9H,3,6-7,10-11H2,1-2H3. The van der Waals surface area contributed by atoms with Gasteiger partial charge in [0.2, 0.25) is 5.88 Å². The van der Waals surface area contributed by atoms with Crippen LogP contribution >= 0.6 is 0 Å². The molecular weight excluding hydrogens is 296 g/mol. The minimum absolute atomic E-state index is 0.0225. The zero-order valence-corrected chi connectivity index (χ0v) is 13.4. The highest BCUT2D eigenvalue weighted by Crippen LogP contribution is 2.28. The summed E-state index contributed by atoms with van der Waals surface area (Å²) >= 11 is 0. The van der Waals surface area contributed by atoms with E-state index in [1.165, 1.54) is 0 Å². The molecule has 1 aromatic carbocycles. The van der Waals surface area contributed by atoms with Gasteiger partial charge in [-0.2, -0.15) is 0 Å². The van der Waals surface area contributed by atoms with Crippen LogP contribution in [0.5, 0.6) is 11.6 Å². The fourth-order valence-corrected chi connectivity index (χ4v) is 2.66. The van der Waals surface area contributed by atoms with Crippen LogP contribution in [0.3, 0.4) is 0 Å². The second-order valence-corrected chi connectivity index (χ2v) is 5.46. The van der Waals surface area contributed by atoms with Crippen LogP contribution in [-0.2, 0) is 16.1 Å². The van der Waals surface area contributed by atoms with Crippen molar-refractivity contribution in [3.63, 3.8) is 0 Å². The van der Waals surface area contributed by atoms with Crippen LogP contribution in [0, 0.1) is 0 Å². The monoisotopic (exact) mass is 316 g/mol. The van der Waals surface area contributed by atoms with E-state index in [0.29, 0.717) is 25.6 Å². The zero-order valence-electron chi connectivity index (χ0n) is 13.4. The van der Waals surface area contributed by atoms with Gasteiger partial charge in [-0.1, -0.05) is 0 Å². The number of ether oxygens (including phenoxy) is 3. The molecule has 0 fully saturated rings. The summed E-state index contributed by atoms with van der Waals surface area (Å²) in [5, 5.41) is 0.970. The van der Waals surface area contributed by atoms with Crippen LogP contribution in [0.4, 0.5) is 0 Å². The molecule has 1 aromatic heterocycles. The van der Waals surface area contributed by atoms with E-state index in [4.69, 9.17) is 14.2 Å². The molecule has 0 aliphatic carbocycles. The summed E-state index contributed by atoms with van der Waals surface area (Å²) in [6, 6.07) is 7.70. The van der Waals surface area contributed by atoms with Gasteiger partial charge in [-0.05, 0) is 30.7 Å². The molecule has 23 heavy (non-hydrogen) atoms. The molecule has 0 saturated carbocycles. The highest BCUT2D eigenvalue weighted by molar-refractivity contribution is 5.83. The maximum absolute atomic E-state index is 12.2. The Kier molecular flexibility index (Phi) is 4.62. The molecule has 0 unspecified atom stereocenters. The number of methoxy groups -OCH3 is 2. The first-order chi connectivity index (χ1) is 11.2. The van der Waals surface area contributed by atoms with Crippen LogP contribution in [-0.4, -0.2) is 49.8 Å². The Morgan fingerprint density at radius 1 is 1.30 bits per heavy atom. The number of hydrogen-bond acceptors (Lipinski definition) is 5. The SMILES string of the molecule is COCCCN1Cc2cc3cc(OC)ccc3nc2OCC1=O. The molecule has 6 heteroatoms. The number of carbonyl (C=O) groups is 1. The van der Waals surface area contributed by atoms with Crippen molar-refractivity contribution in [2.45, 2.75) is 13.0 Å². The van der Waals surface area contributed by atoms with Gasteiger partial charge < -0.3 is 19.1 Å². The Bertz CT molecular complexity index is 717. The van der Waals surface area contributed by atoms with Gasteiger partial charge in [0.15, 0.2) is 6.61 Å². The van der Waals surface area contributed by atoms with Crippen molar-refractivity contribution in [2.24, 2.45) is 0 Å². The number of amides is 1. The Morgan fingerprint density at radius 3 is 2.96 bits per heavy atom. The van der Waals surface area contributed by atoms with Crippen molar-refractivity contribution < 1.29 is 19.0 Å². The second kappa shape index (κ2) is 6.83. The average molecular weight is 316 g/mol. The molecule has 2 aromatic rings. The summed E-state index contributed by atoms with van der Waals surface area (Å²) in [5.74, 6) is 1.29. The van der Waals surface area contributed by atoms with E-state index >= 15 is 0 Å². The average Bonchev–Trinajstić information content (AvgIpc) is 2.72. The molecule has 1 aliphatic rings. The third-order valence-corrected chi connectivity index (χ3v) is 3.88. The lowest BCUT2D eigenvalue weighted by Crippen LogP contribution is -2.33. The topological polar surface area (TPSA) is 60.9 Å². The zero-order chi connectivity index (χ0) is 16.2. The predicted octanol–water partition coefficient (Wildman–Crippen LogP) is 2.00. The van der Waals surface area contributed by atoms with Gasteiger partial charge in [0.1, 0.15) is 5.75 Å². The predicted molar refractivity (Wildman–Crippen MR) is 85.7 cm³/mol. The van der Waals surface area contributed by atoms with Gasteiger partial charge in [0.25, 0.3) is 5.91 Å². The number of fused-ring (bicyclic) bond motifs is 2. The first kappa shape index (κ1) is 15.6. The summed E-state index contributed by atoms with van der Waals surface area (Å²) in [7, 11) is 3.30. The van der Waals surface area contributed by atoms with Gasteiger partial charge in [0.05, 0.1) is 19.2 Å². The third-order valence-electron chi connectivity index (χ3n) is 3.88. The Hall–Kier alpha value is -2.34. The van der Waals surface area contributed by atoms with Gasteiger partial charge in [-0.3, -0.25) is 4.79 Å². The van der Waals surface area contributed by atoms with Crippen molar-refractivity contribution in [3.05, 3.63) is 29.8 Å². The molecule has 2 heterocycles. The molecule has 0 atom stereocenters. The summed E-state index contributed by atoms with van der Waals surface area (Å²) in [4.78, 5) is 18.5. The molecular formula is C17H20N2O4. The van der Waals surface area contributed by atoms with Crippen LogP contribution in [0.1, 0.15) is 12.0 Å². The Labute approximate surface area is 135 Å². The molecule has 0 spiro atoms. The van der Waals surface area contributed by atoms with E-state index in [-0.39, 0.29) is 12.5 Å². The van der Waals surface area contributed by atoms with Crippen molar-refractivity contribution in [2.75, 3.05) is 34.0 Å². The van der Waals surface area contributed by atoms with Crippen molar-refractivity contribution >= 4 is 16.8 Å². The lowest BCUT2D eigenvalue weighted by molar-refractivity contribution is -0.133. The molecule has 0 N–H and O–H groups in total. The van der Waals surface area contributed by atoms with Crippen LogP contribution in [0.15, 0.2) is 24.3 Å². The van der Waals surface area contributed by atoms with Gasteiger partial charge >= 0.3 is 0 Å². The fourth-order valence-electron chi connectivity index (χ4n) is 2.66. The largest absolute Gasteiger partial charge is 0.497 e. The summed E-state index contributed by atoms with van der Waals surface area (Å²) in [6.45, 7) is 1.79. The number of nitrogens with zero attached hydrogens (tertiary/aromatic N) is 2. The molecule has 1 aliphatic heterocycles. The van der Waals surface area contributed by atoms with Crippen LogP contribution in [0.25, 0.3) is 10.9 Å². The maximum Gasteiger partial charge on any atom is 0.260 e. The number of hydrogen-bond donors (Lipinski definition) is 0. The van der Waals surface area contributed by atoms with Gasteiger partial charge in [-0.25, -0.2) is 4.98 Å². The first-order valence-electron chi connectivity index (χ1n) is 7.58. The van der Waals surface area contributed by atoms with Crippen molar-refractivity contribution in [3.8, 4) is 11.6 Å². The quantitative estimate of drug-likeness (QED) is 0.790. The number of aromatic nitrogens is 1. The molecule has 0 bridgehead atoms. The fraction of sp³-hybridized carbons (Fsp3) is 0.412. The highest BCUT2D eigenvalue weighted by atomic mass is 16.5. The number of benzene rings is 1. The smallest absolute Gasteiger partial charge is 0.260 e. The molecule has 3 rings (SSSR count). The molecule has 6 nitrogen and oxygen atoms in total. The summed E-state index contributed by atoms with van der Waals surface area (Å²) in [5.41, 5.74) is 1.74. The van der Waals surface area contributed by atoms with Crippen LogP contribution in [0.2, 0.25) is 0 Å². The van der Waals surface area contributed by atoms with E-state index in [0.717, 1.165) is 28.6 Å².